The SMILES string of the molecule is COc1nc2c(cc1C(=O)N1CCC[C@@H](C(=O)c3nccn3C)C1)CCC2. The highest BCUT2D eigenvalue weighted by molar-refractivity contribution is 5.98. The lowest BCUT2D eigenvalue weighted by Crippen LogP contribution is -2.43. The van der Waals surface area contributed by atoms with Gasteiger partial charge in [-0.2, -0.15) is 0 Å². The minimum atomic E-state index is -0.225. The molecular formula is C20H24N4O3. The molecule has 0 saturated carbocycles. The van der Waals surface area contributed by atoms with Crippen LogP contribution in [0.5, 0.6) is 5.88 Å². The van der Waals surface area contributed by atoms with Gasteiger partial charge in [-0.1, -0.05) is 0 Å². The zero-order valence-electron chi connectivity index (χ0n) is 15.8. The first-order chi connectivity index (χ1) is 13.1. The van der Waals surface area contributed by atoms with E-state index in [0.29, 0.717) is 30.4 Å². The first-order valence-electron chi connectivity index (χ1n) is 9.46. The molecule has 1 fully saturated rings. The van der Waals surface area contributed by atoms with Crippen molar-refractivity contribution in [1.29, 1.82) is 0 Å². The molecule has 1 saturated heterocycles. The number of ketones is 1. The molecule has 0 radical (unpaired) electrons. The third-order valence-electron chi connectivity index (χ3n) is 5.56. The fraction of sp³-hybridized carbons (Fsp3) is 0.500. The molecule has 142 valence electrons. The third kappa shape index (κ3) is 3.22. The standard InChI is InChI=1S/C20H24N4O3/c1-23-10-8-21-18(23)17(25)14-6-4-9-24(12-14)20(26)15-11-13-5-3-7-16(13)22-19(15)27-2/h8,10-11,14H,3-7,9,12H2,1-2H3/t14-/m1/s1. The lowest BCUT2D eigenvalue weighted by atomic mass is 9.92. The Morgan fingerprint density at radius 3 is 2.85 bits per heavy atom. The van der Waals surface area contributed by atoms with E-state index in [9.17, 15) is 9.59 Å². The first-order valence-corrected chi connectivity index (χ1v) is 9.46. The van der Waals surface area contributed by atoms with E-state index in [0.717, 1.165) is 43.4 Å². The van der Waals surface area contributed by atoms with Crippen molar-refractivity contribution in [3.05, 3.63) is 41.1 Å². The van der Waals surface area contributed by atoms with Gasteiger partial charge >= 0.3 is 0 Å². The summed E-state index contributed by atoms with van der Waals surface area (Å²) in [5.41, 5.74) is 2.67. The molecular weight excluding hydrogens is 344 g/mol. The molecule has 1 atom stereocenters. The number of Topliss-reactive ketones (excluding diaryl/α,β-unsaturated/α-hetero) is 1. The minimum absolute atomic E-state index is 0.000886. The van der Waals surface area contributed by atoms with Gasteiger partial charge in [-0.05, 0) is 43.7 Å². The molecule has 2 aliphatic rings. The number of carbonyl (C=O) groups is 2. The molecule has 0 bridgehead atoms. The summed E-state index contributed by atoms with van der Waals surface area (Å²) in [6.45, 7) is 1.05. The van der Waals surface area contributed by atoms with Gasteiger partial charge in [0, 0.05) is 44.1 Å². The van der Waals surface area contributed by atoms with E-state index >= 15 is 0 Å². The topological polar surface area (TPSA) is 77.3 Å². The van der Waals surface area contributed by atoms with Gasteiger partial charge < -0.3 is 14.2 Å². The molecule has 0 aromatic carbocycles. The number of aryl methyl sites for hydroxylation is 3. The van der Waals surface area contributed by atoms with Gasteiger partial charge in [-0.25, -0.2) is 9.97 Å². The van der Waals surface area contributed by atoms with Gasteiger partial charge in [0.05, 0.1) is 7.11 Å². The molecule has 7 heteroatoms. The number of hydrogen-bond acceptors (Lipinski definition) is 5. The number of fused-ring (bicyclic) bond motifs is 1. The van der Waals surface area contributed by atoms with Crippen molar-refractivity contribution in [2.24, 2.45) is 13.0 Å². The van der Waals surface area contributed by atoms with Gasteiger partial charge in [-0.3, -0.25) is 9.59 Å². The Bertz CT molecular complexity index is 889. The van der Waals surface area contributed by atoms with Crippen LogP contribution >= 0.6 is 0 Å². The third-order valence-corrected chi connectivity index (χ3v) is 5.56. The zero-order valence-corrected chi connectivity index (χ0v) is 15.8. The van der Waals surface area contributed by atoms with Crippen LogP contribution in [-0.4, -0.2) is 51.3 Å². The smallest absolute Gasteiger partial charge is 0.259 e. The monoisotopic (exact) mass is 368 g/mol. The number of piperidine rings is 1. The largest absolute Gasteiger partial charge is 0.480 e. The molecule has 0 N–H and O–H groups in total. The van der Waals surface area contributed by atoms with E-state index in [1.807, 2.05) is 13.1 Å². The Hall–Kier alpha value is -2.70. The molecule has 1 amide bonds. The second kappa shape index (κ2) is 7.13. The number of amides is 1. The minimum Gasteiger partial charge on any atom is -0.480 e. The van der Waals surface area contributed by atoms with Gasteiger partial charge in [0.1, 0.15) is 5.56 Å². The van der Waals surface area contributed by atoms with Gasteiger partial charge in [0.15, 0.2) is 5.82 Å². The van der Waals surface area contributed by atoms with Crippen LogP contribution in [0.2, 0.25) is 0 Å². The Labute approximate surface area is 158 Å². The maximum absolute atomic E-state index is 13.2. The van der Waals surface area contributed by atoms with Crippen molar-refractivity contribution in [2.45, 2.75) is 32.1 Å². The molecule has 27 heavy (non-hydrogen) atoms. The van der Waals surface area contributed by atoms with Gasteiger partial charge in [0.2, 0.25) is 11.7 Å². The lowest BCUT2D eigenvalue weighted by Gasteiger charge is -2.32. The Morgan fingerprint density at radius 1 is 1.26 bits per heavy atom. The molecule has 7 nitrogen and oxygen atoms in total. The second-order valence-electron chi connectivity index (χ2n) is 7.32. The van der Waals surface area contributed by atoms with Crippen molar-refractivity contribution in [3.63, 3.8) is 0 Å². The van der Waals surface area contributed by atoms with E-state index in [1.54, 1.807) is 29.0 Å². The number of rotatable bonds is 4. The maximum Gasteiger partial charge on any atom is 0.259 e. The molecule has 1 aliphatic heterocycles. The fourth-order valence-corrected chi connectivity index (χ4v) is 4.09. The Kier molecular flexibility index (Phi) is 4.68. The van der Waals surface area contributed by atoms with Crippen molar-refractivity contribution in [1.82, 2.24) is 19.4 Å². The first kappa shape index (κ1) is 17.7. The molecule has 0 unspecified atom stereocenters. The van der Waals surface area contributed by atoms with Crippen molar-refractivity contribution in [3.8, 4) is 5.88 Å². The summed E-state index contributed by atoms with van der Waals surface area (Å²) >= 11 is 0. The van der Waals surface area contributed by atoms with E-state index in [4.69, 9.17) is 4.74 Å². The van der Waals surface area contributed by atoms with Crippen molar-refractivity contribution in [2.75, 3.05) is 20.2 Å². The van der Waals surface area contributed by atoms with Crippen molar-refractivity contribution >= 4 is 11.7 Å². The molecule has 1 aliphatic carbocycles. The van der Waals surface area contributed by atoms with Crippen LogP contribution in [0.15, 0.2) is 18.5 Å². The van der Waals surface area contributed by atoms with Crippen LogP contribution < -0.4 is 4.74 Å². The Balaban J connectivity index is 1.56. The number of nitrogens with zero attached hydrogens (tertiary/aromatic N) is 4. The number of carbonyl (C=O) groups excluding carboxylic acids is 2. The summed E-state index contributed by atoms with van der Waals surface area (Å²) in [6.07, 6.45) is 7.91. The summed E-state index contributed by atoms with van der Waals surface area (Å²) < 4.78 is 7.13. The number of hydrogen-bond donors (Lipinski definition) is 0. The van der Waals surface area contributed by atoms with Crippen LogP contribution in [0.3, 0.4) is 0 Å². The van der Waals surface area contributed by atoms with Crippen LogP contribution in [0, 0.1) is 5.92 Å². The highest BCUT2D eigenvalue weighted by atomic mass is 16.5. The molecule has 2 aromatic rings. The highest BCUT2D eigenvalue weighted by Crippen LogP contribution is 2.29. The van der Waals surface area contributed by atoms with Crippen LogP contribution in [0.25, 0.3) is 0 Å². The van der Waals surface area contributed by atoms with Crippen molar-refractivity contribution < 1.29 is 14.3 Å². The average Bonchev–Trinajstić information content (AvgIpc) is 3.34. The fourth-order valence-electron chi connectivity index (χ4n) is 4.09. The number of pyridine rings is 1. The van der Waals surface area contributed by atoms with E-state index in [2.05, 4.69) is 9.97 Å². The number of ether oxygens (including phenoxy) is 1. The van der Waals surface area contributed by atoms with E-state index in [1.165, 1.54) is 0 Å². The van der Waals surface area contributed by atoms with Crippen LogP contribution in [0.4, 0.5) is 0 Å². The highest BCUT2D eigenvalue weighted by Gasteiger charge is 2.32. The lowest BCUT2D eigenvalue weighted by molar-refractivity contribution is 0.0629. The van der Waals surface area contributed by atoms with Crippen LogP contribution in [0.1, 0.15) is 51.5 Å². The van der Waals surface area contributed by atoms with Crippen LogP contribution in [-0.2, 0) is 19.9 Å². The zero-order chi connectivity index (χ0) is 19.0. The summed E-state index contributed by atoms with van der Waals surface area (Å²) in [4.78, 5) is 36.4. The number of aromatic nitrogens is 3. The second-order valence-corrected chi connectivity index (χ2v) is 7.32. The molecule has 3 heterocycles. The Morgan fingerprint density at radius 2 is 2.11 bits per heavy atom. The molecule has 0 spiro atoms. The quantitative estimate of drug-likeness (QED) is 0.772. The predicted octanol–water partition coefficient (Wildman–Crippen LogP) is 2.05. The van der Waals surface area contributed by atoms with Gasteiger partial charge in [0.25, 0.3) is 5.91 Å². The van der Waals surface area contributed by atoms with E-state index in [-0.39, 0.29) is 17.6 Å². The molecule has 4 rings (SSSR count). The summed E-state index contributed by atoms with van der Waals surface area (Å²) in [5.74, 6) is 0.506. The van der Waals surface area contributed by atoms with E-state index < -0.39 is 0 Å². The summed E-state index contributed by atoms with van der Waals surface area (Å²) in [5, 5.41) is 0. The van der Waals surface area contributed by atoms with Gasteiger partial charge in [-0.15, -0.1) is 0 Å². The summed E-state index contributed by atoms with van der Waals surface area (Å²) in [6, 6.07) is 1.93. The molecule has 2 aromatic heterocycles. The summed E-state index contributed by atoms with van der Waals surface area (Å²) in [7, 11) is 3.36. The maximum atomic E-state index is 13.2. The predicted molar refractivity (Wildman–Crippen MR) is 99.0 cm³/mol. The number of methoxy groups -OCH3 is 1. The number of imidazole rings is 1. The number of likely N-dealkylation sites (tertiary alicyclic amines) is 1. The average molecular weight is 368 g/mol. The normalized spacial score (nSPS) is 19.0.